The first-order chi connectivity index (χ1) is 7.16. The second-order valence-electron chi connectivity index (χ2n) is 5.13. The van der Waals surface area contributed by atoms with Crippen molar-refractivity contribution in [3.63, 3.8) is 0 Å². The van der Waals surface area contributed by atoms with Gasteiger partial charge in [0, 0.05) is 19.0 Å². The van der Waals surface area contributed by atoms with Gasteiger partial charge in [-0.1, -0.05) is 6.92 Å². The molecule has 1 saturated carbocycles. The fraction of sp³-hybridized carbons (Fsp3) is 0.917. The van der Waals surface area contributed by atoms with Crippen molar-refractivity contribution in [1.29, 1.82) is 0 Å². The Labute approximate surface area is 97.0 Å². The highest BCUT2D eigenvalue weighted by molar-refractivity contribution is 6.21. The normalized spacial score (nSPS) is 36.9. The van der Waals surface area contributed by atoms with E-state index in [0.29, 0.717) is 11.8 Å². The van der Waals surface area contributed by atoms with Gasteiger partial charge < -0.3 is 4.90 Å². The van der Waals surface area contributed by atoms with Gasteiger partial charge in [0.15, 0.2) is 0 Å². The van der Waals surface area contributed by atoms with E-state index < -0.39 is 0 Å². The molecular formula is C12H20ClNO. The van der Waals surface area contributed by atoms with Crippen LogP contribution in [0.4, 0.5) is 0 Å². The number of halogens is 1. The average Bonchev–Trinajstić information content (AvgIpc) is 2.65. The molecule has 0 aromatic rings. The number of rotatable bonds is 1. The number of carbonyl (C=O) groups excluding carboxylic acids is 1. The SMILES string of the molecule is CC1CCC(C(=O)N2CCC(Cl)C2)CC1. The number of alkyl halides is 1. The van der Waals surface area contributed by atoms with Crippen molar-refractivity contribution in [2.75, 3.05) is 13.1 Å². The third kappa shape index (κ3) is 2.66. The first-order valence-electron chi connectivity index (χ1n) is 6.09. The Kier molecular flexibility index (Phi) is 3.55. The average molecular weight is 230 g/mol. The van der Waals surface area contributed by atoms with Crippen LogP contribution in [0.3, 0.4) is 0 Å². The molecule has 0 radical (unpaired) electrons. The van der Waals surface area contributed by atoms with E-state index in [2.05, 4.69) is 6.92 Å². The van der Waals surface area contributed by atoms with Crippen LogP contribution in [0.5, 0.6) is 0 Å². The number of hydrogen-bond donors (Lipinski definition) is 0. The van der Waals surface area contributed by atoms with Gasteiger partial charge in [-0.3, -0.25) is 4.79 Å². The molecule has 2 nitrogen and oxygen atoms in total. The topological polar surface area (TPSA) is 20.3 Å². The fourth-order valence-electron chi connectivity index (χ4n) is 2.68. The van der Waals surface area contributed by atoms with E-state index in [9.17, 15) is 4.79 Å². The molecule has 1 aliphatic heterocycles. The molecule has 0 aromatic heterocycles. The summed E-state index contributed by atoms with van der Waals surface area (Å²) in [7, 11) is 0. The number of likely N-dealkylation sites (tertiary alicyclic amines) is 1. The summed E-state index contributed by atoms with van der Waals surface area (Å²) in [5.74, 6) is 1.47. The molecule has 0 spiro atoms. The van der Waals surface area contributed by atoms with Gasteiger partial charge in [0.25, 0.3) is 0 Å². The predicted molar refractivity (Wildman–Crippen MR) is 62.0 cm³/mol. The van der Waals surface area contributed by atoms with E-state index in [1.807, 2.05) is 4.90 Å². The Morgan fingerprint density at radius 3 is 2.40 bits per heavy atom. The first-order valence-corrected chi connectivity index (χ1v) is 6.53. The molecule has 1 amide bonds. The summed E-state index contributed by atoms with van der Waals surface area (Å²) in [5.41, 5.74) is 0. The summed E-state index contributed by atoms with van der Waals surface area (Å²) in [4.78, 5) is 14.1. The lowest BCUT2D eigenvalue weighted by Crippen LogP contribution is -2.36. The maximum absolute atomic E-state index is 12.1. The number of amides is 1. The molecule has 2 fully saturated rings. The van der Waals surface area contributed by atoms with Crippen molar-refractivity contribution in [3.8, 4) is 0 Å². The Bertz CT molecular complexity index is 236. The zero-order chi connectivity index (χ0) is 10.8. The monoisotopic (exact) mass is 229 g/mol. The summed E-state index contributed by atoms with van der Waals surface area (Å²) in [5, 5.41) is 0.191. The predicted octanol–water partition coefficient (Wildman–Crippen LogP) is 2.65. The van der Waals surface area contributed by atoms with E-state index in [1.165, 1.54) is 12.8 Å². The molecule has 0 bridgehead atoms. The summed E-state index contributed by atoms with van der Waals surface area (Å²) < 4.78 is 0. The molecule has 3 heteroatoms. The summed E-state index contributed by atoms with van der Waals surface area (Å²) >= 11 is 6.02. The maximum atomic E-state index is 12.1. The Balaban J connectivity index is 1.85. The van der Waals surface area contributed by atoms with Crippen molar-refractivity contribution in [1.82, 2.24) is 4.90 Å². The lowest BCUT2D eigenvalue weighted by molar-refractivity contribution is -0.135. The molecule has 1 unspecified atom stereocenters. The van der Waals surface area contributed by atoms with Gasteiger partial charge >= 0.3 is 0 Å². The minimum absolute atomic E-state index is 0.191. The molecule has 0 N–H and O–H groups in total. The van der Waals surface area contributed by atoms with Crippen LogP contribution in [0.15, 0.2) is 0 Å². The van der Waals surface area contributed by atoms with Gasteiger partial charge in [-0.05, 0) is 38.0 Å². The minimum atomic E-state index is 0.191. The zero-order valence-corrected chi connectivity index (χ0v) is 10.2. The first kappa shape index (κ1) is 11.3. The fourth-order valence-corrected chi connectivity index (χ4v) is 2.95. The summed E-state index contributed by atoms with van der Waals surface area (Å²) in [6.07, 6.45) is 5.58. The van der Waals surface area contributed by atoms with Gasteiger partial charge in [-0.25, -0.2) is 0 Å². The Morgan fingerprint density at radius 1 is 1.20 bits per heavy atom. The van der Waals surface area contributed by atoms with Crippen LogP contribution in [0.1, 0.15) is 39.0 Å². The molecule has 15 heavy (non-hydrogen) atoms. The van der Waals surface area contributed by atoms with Crippen molar-refractivity contribution in [3.05, 3.63) is 0 Å². The third-order valence-electron chi connectivity index (χ3n) is 3.81. The van der Waals surface area contributed by atoms with Crippen molar-refractivity contribution in [2.45, 2.75) is 44.4 Å². The Morgan fingerprint density at radius 2 is 1.87 bits per heavy atom. The van der Waals surface area contributed by atoms with Gasteiger partial charge in [-0.2, -0.15) is 0 Å². The molecule has 1 saturated heterocycles. The highest BCUT2D eigenvalue weighted by Crippen LogP contribution is 2.30. The Hall–Kier alpha value is -0.240. The van der Waals surface area contributed by atoms with Crippen LogP contribution >= 0.6 is 11.6 Å². The van der Waals surface area contributed by atoms with Crippen LogP contribution in [0.2, 0.25) is 0 Å². The van der Waals surface area contributed by atoms with E-state index in [1.54, 1.807) is 0 Å². The second kappa shape index (κ2) is 4.73. The van der Waals surface area contributed by atoms with Crippen LogP contribution in [0.25, 0.3) is 0 Å². The molecule has 0 aromatic carbocycles. The highest BCUT2D eigenvalue weighted by atomic mass is 35.5. The second-order valence-corrected chi connectivity index (χ2v) is 5.74. The molecule has 86 valence electrons. The molecule has 2 rings (SSSR count). The van der Waals surface area contributed by atoms with Crippen molar-refractivity contribution < 1.29 is 4.79 Å². The highest BCUT2D eigenvalue weighted by Gasteiger charge is 2.31. The van der Waals surface area contributed by atoms with Crippen LogP contribution in [-0.4, -0.2) is 29.3 Å². The number of carbonyl (C=O) groups is 1. The molecular weight excluding hydrogens is 210 g/mol. The number of nitrogens with zero attached hydrogens (tertiary/aromatic N) is 1. The van der Waals surface area contributed by atoms with Crippen molar-refractivity contribution >= 4 is 17.5 Å². The third-order valence-corrected chi connectivity index (χ3v) is 4.16. The molecule has 1 heterocycles. The lowest BCUT2D eigenvalue weighted by Gasteiger charge is -2.28. The summed E-state index contributed by atoms with van der Waals surface area (Å²) in [6, 6.07) is 0. The van der Waals surface area contributed by atoms with E-state index in [4.69, 9.17) is 11.6 Å². The molecule has 2 aliphatic rings. The molecule has 1 aliphatic carbocycles. The van der Waals surface area contributed by atoms with E-state index in [-0.39, 0.29) is 5.38 Å². The smallest absolute Gasteiger partial charge is 0.225 e. The van der Waals surface area contributed by atoms with E-state index >= 15 is 0 Å². The minimum Gasteiger partial charge on any atom is -0.341 e. The quantitative estimate of drug-likeness (QED) is 0.633. The standard InChI is InChI=1S/C12H20ClNO/c1-9-2-4-10(5-3-9)12(15)14-7-6-11(13)8-14/h9-11H,2-8H2,1H3. The van der Waals surface area contributed by atoms with Gasteiger partial charge in [-0.15, -0.1) is 11.6 Å². The maximum Gasteiger partial charge on any atom is 0.225 e. The zero-order valence-electron chi connectivity index (χ0n) is 9.42. The van der Waals surface area contributed by atoms with Crippen molar-refractivity contribution in [2.24, 2.45) is 11.8 Å². The van der Waals surface area contributed by atoms with Crippen LogP contribution < -0.4 is 0 Å². The largest absolute Gasteiger partial charge is 0.341 e. The van der Waals surface area contributed by atoms with Gasteiger partial charge in [0.05, 0.1) is 5.38 Å². The molecule has 1 atom stereocenters. The van der Waals surface area contributed by atoms with E-state index in [0.717, 1.165) is 38.3 Å². The number of hydrogen-bond acceptors (Lipinski definition) is 1. The van der Waals surface area contributed by atoms with Crippen LogP contribution in [-0.2, 0) is 4.79 Å². The lowest BCUT2D eigenvalue weighted by atomic mass is 9.82. The van der Waals surface area contributed by atoms with Crippen LogP contribution in [0, 0.1) is 11.8 Å². The summed E-state index contributed by atoms with van der Waals surface area (Å²) in [6.45, 7) is 3.93. The van der Waals surface area contributed by atoms with Gasteiger partial charge in [0.1, 0.15) is 0 Å². The van der Waals surface area contributed by atoms with Gasteiger partial charge in [0.2, 0.25) is 5.91 Å².